The molecular formula is C13H16F3NO4. The Morgan fingerprint density at radius 1 is 1.33 bits per heavy atom. The van der Waals surface area contributed by atoms with Crippen LogP contribution in [0.25, 0.3) is 0 Å². The summed E-state index contributed by atoms with van der Waals surface area (Å²) in [6, 6.07) is 3.44. The predicted molar refractivity (Wildman–Crippen MR) is 67.2 cm³/mol. The lowest BCUT2D eigenvalue weighted by atomic mass is 9.92. The lowest BCUT2D eigenvalue weighted by molar-refractivity contribution is -0.137. The van der Waals surface area contributed by atoms with Crippen molar-refractivity contribution in [1.82, 2.24) is 5.06 Å². The lowest BCUT2D eigenvalue weighted by Gasteiger charge is -2.28. The molecule has 0 saturated carbocycles. The number of hydrogen-bond donors (Lipinski definition) is 2. The van der Waals surface area contributed by atoms with E-state index in [4.69, 9.17) is 9.84 Å². The van der Waals surface area contributed by atoms with Crippen molar-refractivity contribution in [2.45, 2.75) is 25.1 Å². The van der Waals surface area contributed by atoms with Crippen LogP contribution in [0, 0.1) is 0 Å². The van der Waals surface area contributed by atoms with Crippen LogP contribution in [-0.4, -0.2) is 41.2 Å². The molecule has 5 nitrogen and oxygen atoms in total. The molecule has 1 aromatic carbocycles. The zero-order valence-electron chi connectivity index (χ0n) is 11.5. The number of hydrogen-bond acceptors (Lipinski definition) is 3. The molecule has 0 saturated heterocycles. The van der Waals surface area contributed by atoms with E-state index in [-0.39, 0.29) is 11.7 Å². The van der Waals surface area contributed by atoms with Crippen LogP contribution >= 0.6 is 0 Å². The van der Waals surface area contributed by atoms with E-state index in [1.165, 1.54) is 26.2 Å². The van der Waals surface area contributed by atoms with E-state index in [0.717, 1.165) is 12.1 Å². The molecule has 2 N–H and O–H groups in total. The van der Waals surface area contributed by atoms with Gasteiger partial charge in [0.15, 0.2) is 0 Å². The van der Waals surface area contributed by atoms with Crippen LogP contribution in [0.5, 0.6) is 0 Å². The second-order valence-electron chi connectivity index (χ2n) is 4.55. The Morgan fingerprint density at radius 3 is 2.24 bits per heavy atom. The van der Waals surface area contributed by atoms with Crippen LogP contribution in [0.2, 0.25) is 0 Å². The Morgan fingerprint density at radius 2 is 1.86 bits per heavy atom. The molecule has 0 aliphatic rings. The zero-order valence-corrected chi connectivity index (χ0v) is 11.5. The van der Waals surface area contributed by atoms with Crippen LogP contribution in [0.4, 0.5) is 18.0 Å². The number of rotatable bonds is 5. The van der Waals surface area contributed by atoms with E-state index in [0.29, 0.717) is 5.56 Å². The first-order valence-electron chi connectivity index (χ1n) is 6.05. The average molecular weight is 307 g/mol. The molecule has 0 aromatic heterocycles. The molecule has 8 heteroatoms. The molecule has 0 spiro atoms. The number of ether oxygens (including phenoxy) is 1. The smallest absolute Gasteiger partial charge is 0.431 e. The number of methoxy groups -OCH3 is 1. The third kappa shape index (κ3) is 4.33. The van der Waals surface area contributed by atoms with Crippen molar-refractivity contribution >= 4 is 6.09 Å². The van der Waals surface area contributed by atoms with Crippen molar-refractivity contribution < 1.29 is 33.0 Å². The van der Waals surface area contributed by atoms with Crippen LogP contribution in [0.15, 0.2) is 24.3 Å². The summed E-state index contributed by atoms with van der Waals surface area (Å²) >= 11 is 0. The fourth-order valence-electron chi connectivity index (χ4n) is 1.96. The fraction of sp³-hybridized carbons (Fsp3) is 0.462. The first-order chi connectivity index (χ1) is 9.68. The Hall–Kier alpha value is -1.80. The summed E-state index contributed by atoms with van der Waals surface area (Å²) in [5, 5.41) is 18.3. The van der Waals surface area contributed by atoms with Crippen molar-refractivity contribution in [1.29, 1.82) is 0 Å². The molecule has 0 bridgehead atoms. The monoisotopic (exact) mass is 307 g/mol. The summed E-state index contributed by atoms with van der Waals surface area (Å²) in [6.07, 6.45) is -5.99. The maximum absolute atomic E-state index is 12.5. The van der Waals surface area contributed by atoms with E-state index in [2.05, 4.69) is 0 Å². The van der Waals surface area contributed by atoms with Crippen molar-refractivity contribution in [2.24, 2.45) is 0 Å². The predicted octanol–water partition coefficient (Wildman–Crippen LogP) is 3.19. The third-order valence-corrected chi connectivity index (χ3v) is 3.18. The van der Waals surface area contributed by atoms with Gasteiger partial charge in [0.1, 0.15) is 0 Å². The molecular weight excluding hydrogens is 291 g/mol. The number of hydroxylamine groups is 2. The molecule has 0 unspecified atom stereocenters. The minimum absolute atomic E-state index is 0.0525. The fourth-order valence-corrected chi connectivity index (χ4v) is 1.96. The topological polar surface area (TPSA) is 70.0 Å². The molecule has 21 heavy (non-hydrogen) atoms. The number of carbonyl (C=O) groups is 1. The summed E-state index contributed by atoms with van der Waals surface area (Å²) in [6.45, 7) is 1.49. The quantitative estimate of drug-likeness (QED) is 0.647. The molecule has 0 radical (unpaired) electrons. The van der Waals surface area contributed by atoms with Gasteiger partial charge in [-0.1, -0.05) is 12.1 Å². The van der Waals surface area contributed by atoms with Crippen molar-refractivity contribution in [3.05, 3.63) is 35.4 Å². The molecule has 0 heterocycles. The van der Waals surface area contributed by atoms with Gasteiger partial charge in [-0.05, 0) is 24.6 Å². The van der Waals surface area contributed by atoms with Crippen molar-refractivity contribution in [3.8, 4) is 0 Å². The summed E-state index contributed by atoms with van der Waals surface area (Å²) in [5.41, 5.74) is -0.355. The maximum Gasteiger partial charge on any atom is 0.431 e. The summed E-state index contributed by atoms with van der Waals surface area (Å²) < 4.78 is 42.5. The van der Waals surface area contributed by atoms with Gasteiger partial charge in [-0.3, -0.25) is 5.21 Å². The summed E-state index contributed by atoms with van der Waals surface area (Å²) in [7, 11) is 1.38. The Labute approximate surface area is 119 Å². The Bertz CT molecular complexity index is 475. The van der Waals surface area contributed by atoms with Gasteiger partial charge in [-0.25, -0.2) is 4.79 Å². The van der Waals surface area contributed by atoms with Crippen LogP contribution in [-0.2, 0) is 10.9 Å². The Kier molecular flexibility index (Phi) is 5.56. The molecule has 1 amide bonds. The average Bonchev–Trinajstić information content (AvgIpc) is 2.42. The van der Waals surface area contributed by atoms with Crippen LogP contribution in [0.1, 0.15) is 24.0 Å². The minimum Gasteiger partial charge on any atom is -0.463 e. The molecule has 0 aliphatic heterocycles. The van der Waals surface area contributed by atoms with Crippen molar-refractivity contribution in [2.75, 3.05) is 13.7 Å². The van der Waals surface area contributed by atoms with Crippen LogP contribution < -0.4 is 0 Å². The van der Waals surface area contributed by atoms with E-state index in [1.54, 1.807) is 0 Å². The normalized spacial score (nSPS) is 14.6. The second kappa shape index (κ2) is 6.77. The maximum atomic E-state index is 12.5. The standard InChI is InChI=1S/C13H16F3NO4/c1-8(17(20)12(18)19)11(7-21-2)9-3-5-10(6-4-9)13(14,15)16/h3-6,8,11,20H,7H2,1-2H3,(H,18,19)/t8-,11+/m1/s1. The number of amides is 1. The van der Waals surface area contributed by atoms with E-state index < -0.39 is 29.8 Å². The molecule has 1 rings (SSSR count). The number of carboxylic acid groups (broad SMARTS) is 1. The van der Waals surface area contributed by atoms with E-state index in [1.807, 2.05) is 0 Å². The van der Waals surface area contributed by atoms with Gasteiger partial charge in [0.25, 0.3) is 0 Å². The zero-order chi connectivity index (χ0) is 16.2. The van der Waals surface area contributed by atoms with Gasteiger partial charge in [0.2, 0.25) is 0 Å². The number of alkyl halides is 3. The van der Waals surface area contributed by atoms with Gasteiger partial charge in [0, 0.05) is 13.0 Å². The van der Waals surface area contributed by atoms with Gasteiger partial charge < -0.3 is 9.84 Å². The molecule has 1 aromatic rings. The van der Waals surface area contributed by atoms with Crippen molar-refractivity contribution in [3.63, 3.8) is 0 Å². The largest absolute Gasteiger partial charge is 0.463 e. The second-order valence-corrected chi connectivity index (χ2v) is 4.55. The highest BCUT2D eigenvalue weighted by molar-refractivity contribution is 5.63. The Balaban J connectivity index is 3.03. The highest BCUT2D eigenvalue weighted by atomic mass is 19.4. The third-order valence-electron chi connectivity index (χ3n) is 3.18. The summed E-state index contributed by atoms with van der Waals surface area (Å²) in [4.78, 5) is 10.8. The first-order valence-corrected chi connectivity index (χ1v) is 6.05. The highest BCUT2D eigenvalue weighted by Gasteiger charge is 2.32. The van der Waals surface area contributed by atoms with E-state index >= 15 is 0 Å². The molecule has 2 atom stereocenters. The highest BCUT2D eigenvalue weighted by Crippen LogP contribution is 2.31. The molecule has 118 valence electrons. The van der Waals surface area contributed by atoms with E-state index in [9.17, 15) is 23.2 Å². The first kappa shape index (κ1) is 17.3. The molecule has 0 fully saturated rings. The SMILES string of the molecule is COC[C@H](c1ccc(C(F)(F)F)cc1)[C@@H](C)N(O)C(=O)O. The van der Waals surface area contributed by atoms with Gasteiger partial charge >= 0.3 is 12.3 Å². The number of halogens is 3. The lowest BCUT2D eigenvalue weighted by Crippen LogP contribution is -2.40. The van der Waals surface area contributed by atoms with Gasteiger partial charge in [-0.15, -0.1) is 0 Å². The summed E-state index contributed by atoms with van der Waals surface area (Å²) in [5.74, 6) is -0.599. The van der Waals surface area contributed by atoms with Gasteiger partial charge in [0.05, 0.1) is 18.2 Å². The number of benzene rings is 1. The molecule has 0 aliphatic carbocycles. The minimum atomic E-state index is -4.44. The van der Waals surface area contributed by atoms with Crippen LogP contribution in [0.3, 0.4) is 0 Å². The number of nitrogens with zero attached hydrogens (tertiary/aromatic N) is 1. The van der Waals surface area contributed by atoms with Gasteiger partial charge in [-0.2, -0.15) is 18.2 Å².